The number of aliphatic hydroxyl groups excluding tert-OH is 2. The zero-order valence-electron chi connectivity index (χ0n) is 52.5. The zero-order chi connectivity index (χ0) is 71.8. The third-order valence-corrected chi connectivity index (χ3v) is 21.8. The van der Waals surface area contributed by atoms with E-state index in [4.69, 9.17) is 76.5 Å². The van der Waals surface area contributed by atoms with Gasteiger partial charge in [-0.1, -0.05) is 0 Å². The van der Waals surface area contributed by atoms with Crippen LogP contribution < -0.4 is 38.1 Å². The molecule has 0 aliphatic carbocycles. The summed E-state index contributed by atoms with van der Waals surface area (Å²) in [5.74, 6) is -0.139. The Bertz CT molecular complexity index is 4190. The number of methoxy groups -OCH3 is 4. The normalized spacial score (nSPS) is 29.7. The average molecular weight is 1510 g/mol. The molecular weight excluding hydrogens is 1440 g/mol. The number of nitrogens with zero attached hydrogens (tertiary/aromatic N) is 13. The first-order valence-corrected chi connectivity index (χ1v) is 36.6. The summed E-state index contributed by atoms with van der Waals surface area (Å²) in [6, 6.07) is 1.94. The summed E-state index contributed by atoms with van der Waals surface area (Å²) in [6.45, 7) is -4.27. The van der Waals surface area contributed by atoms with Crippen molar-refractivity contribution >= 4 is 91.9 Å². The van der Waals surface area contributed by atoms with Crippen molar-refractivity contribution in [1.82, 2.24) is 58.6 Å². The molecule has 19 atom stereocenters. The van der Waals surface area contributed by atoms with Crippen LogP contribution in [0.5, 0.6) is 0 Å². The number of nitrogen functional groups attached to an aromatic ring is 2. The summed E-state index contributed by atoms with van der Waals surface area (Å²) in [6.07, 6.45) is -18.2. The number of H-pyrrole nitrogens is 2. The van der Waals surface area contributed by atoms with Crippen molar-refractivity contribution in [1.29, 1.82) is 0 Å². The van der Waals surface area contributed by atoms with Crippen molar-refractivity contribution in [2.24, 2.45) is 4.99 Å². The SMILES string of the molecule is C/N=C/N(c1cc(=O)[nH]c(N(C)C)n1)[C@@H]1O[C@H](COP(=O)(O)OP(=O)(O)OP(=O)(O)OC[C@H]2O[C@@H](n3cnc4c(N)ncnc43)[C@@H](OC)C2O[PH](O)(O)OC[C@H]2O[C@@H](n3ccc(=O)[nH]c3=O)[C@@H](OC)C2O[PH](O)(O)OC[C@H]2O[C@@H](n3cnc4c(N)ncnc43)[C@@H](OC)C2OC)[C@H](O)C1O. The monoisotopic (exact) mass is 1510 g/mol. The Labute approximate surface area is 555 Å². The quantitative estimate of drug-likeness (QED) is 0.0112. The molecule has 4 aliphatic heterocycles. The number of hydrogen-bond donors (Lipinski definition) is 13. The molecule has 550 valence electrons. The van der Waals surface area contributed by atoms with Crippen LogP contribution in [0.1, 0.15) is 18.7 Å². The van der Waals surface area contributed by atoms with Crippen LogP contribution in [0.15, 0.2) is 63.0 Å². The van der Waals surface area contributed by atoms with Crippen LogP contribution in [-0.4, -0.2) is 265 Å². The molecule has 0 radical (unpaired) electrons. The second kappa shape index (κ2) is 30.6. The van der Waals surface area contributed by atoms with Gasteiger partial charge in [-0.25, -0.2) is 0 Å². The summed E-state index contributed by atoms with van der Waals surface area (Å²) in [5.41, 5.74) is 9.96. The molecule has 48 nitrogen and oxygen atoms in total. The molecule has 4 aliphatic rings. The van der Waals surface area contributed by atoms with E-state index in [0.717, 1.165) is 61.0 Å². The molecule has 0 saturated carbocycles. The third kappa shape index (κ3) is 16.9. The Morgan fingerprint density at radius 2 is 1.08 bits per heavy atom. The van der Waals surface area contributed by atoms with Crippen molar-refractivity contribution in [2.45, 2.75) is 98.2 Å². The third-order valence-electron chi connectivity index (χ3n) is 15.3. The van der Waals surface area contributed by atoms with Crippen LogP contribution in [0.3, 0.4) is 0 Å². The van der Waals surface area contributed by atoms with E-state index in [2.05, 4.69) is 53.5 Å². The minimum atomic E-state index is -6.30. The molecule has 0 bridgehead atoms. The number of hydrogen-bond acceptors (Lipinski definition) is 39. The van der Waals surface area contributed by atoms with E-state index in [-0.39, 0.29) is 45.7 Å². The predicted molar refractivity (Wildman–Crippen MR) is 333 cm³/mol. The number of phosphoric acid groups is 3. The van der Waals surface area contributed by atoms with E-state index in [0.29, 0.717) is 0 Å². The van der Waals surface area contributed by atoms with E-state index >= 15 is 0 Å². The summed E-state index contributed by atoms with van der Waals surface area (Å²) in [7, 11) is -20.4. The minimum Gasteiger partial charge on any atom is -0.387 e. The summed E-state index contributed by atoms with van der Waals surface area (Å²) >= 11 is 0. The molecule has 53 heteroatoms. The smallest absolute Gasteiger partial charge is 0.128 e. The van der Waals surface area contributed by atoms with Gasteiger partial charge in [0.05, 0.1) is 6.34 Å². The predicted octanol–water partition coefficient (Wildman–Crippen LogP) is -4.15. The molecule has 0 spiro atoms. The summed E-state index contributed by atoms with van der Waals surface area (Å²) < 4.78 is 131. The Morgan fingerprint density at radius 1 is 0.616 bits per heavy atom. The number of aromatic nitrogens is 12. The fourth-order valence-corrected chi connectivity index (χ4v) is 16.7. The van der Waals surface area contributed by atoms with E-state index in [1.165, 1.54) is 48.0 Å². The molecule has 4 saturated heterocycles. The Kier molecular flexibility index (Phi) is 23.4. The number of aromatic amines is 2. The molecule has 0 aromatic carbocycles. The van der Waals surface area contributed by atoms with Gasteiger partial charge in [0.1, 0.15) is 24.1 Å². The molecule has 15 N–H and O–H groups in total. The maximum absolute atomic E-state index is 13.5. The molecule has 0 amide bonds. The van der Waals surface area contributed by atoms with Crippen molar-refractivity contribution in [3.05, 3.63) is 74.8 Å². The van der Waals surface area contributed by atoms with Gasteiger partial charge < -0.3 is 19.8 Å². The number of imidazole rings is 2. The van der Waals surface area contributed by atoms with E-state index < -0.39 is 181 Å². The largest absolute Gasteiger partial charge is 0.387 e. The fraction of sp³-hybridized carbons (Fsp3) is 0.587. The Balaban J connectivity index is 0.833. The van der Waals surface area contributed by atoms with Crippen molar-refractivity contribution < 1.29 is 132 Å². The molecule has 10 rings (SSSR count). The second-order valence-electron chi connectivity index (χ2n) is 21.9. The van der Waals surface area contributed by atoms with Gasteiger partial charge in [0.2, 0.25) is 5.95 Å². The van der Waals surface area contributed by atoms with Gasteiger partial charge in [-0.05, 0) is 0 Å². The Morgan fingerprint density at radius 3 is 1.56 bits per heavy atom. The second-order valence-corrected chi connectivity index (χ2v) is 29.7. The van der Waals surface area contributed by atoms with Crippen LogP contribution in [0.2, 0.25) is 0 Å². The van der Waals surface area contributed by atoms with E-state index in [1.807, 2.05) is 4.98 Å². The number of anilines is 4. The van der Waals surface area contributed by atoms with Crippen LogP contribution in [0, 0.1) is 0 Å². The van der Waals surface area contributed by atoms with Gasteiger partial charge in [0, 0.05) is 27.2 Å². The van der Waals surface area contributed by atoms with Crippen LogP contribution in [0.25, 0.3) is 22.3 Å². The van der Waals surface area contributed by atoms with Gasteiger partial charge in [-0.3, -0.25) is 19.7 Å². The van der Waals surface area contributed by atoms with Crippen molar-refractivity contribution in [2.75, 3.05) is 97.3 Å². The zero-order valence-corrected chi connectivity index (χ0v) is 57.2. The van der Waals surface area contributed by atoms with E-state index in [1.54, 1.807) is 14.1 Å². The number of ether oxygens (including phenoxy) is 8. The Hall–Kier alpha value is -5.92. The number of phosphoric ester groups is 2. The van der Waals surface area contributed by atoms with Crippen LogP contribution >= 0.6 is 39.8 Å². The number of nitrogens with two attached hydrogens (primary N) is 2. The first kappa shape index (κ1) is 75.7. The standard InChI is InChI=1S/C46H70N17O31P5/c1-49-17-61(24-10-26(65)57-45(56-24)59(2)3)41-30(67)29(66)20(87-41)11-85-97(73,74)93-99(77,78)94-98(75,76)86-14-23-33(36(82-7)44(90-23)63-19-55-28-38(48)51-16-53-40(28)63)92-96(71,72)84-13-22-32(35(81-6)42(89-22)60-9-8-25(64)58-46(60)68)91-95(69,70)83-12-21-31(79-4)34(80-5)43(88-21)62-18-54-27-37(47)50-15-52-39(27)62/h8-10,15-23,29-36,41-44,66-67,69-72,95-96H,11-14H2,1-7H3,(H,73,74)(H,75,76)(H,77,78)(H2,47,50,52)(H2,48,51,53)(H,56,57,65)(H,58,64,68)/b49-17+/t20-,21-,22-,23-,29+,30?,31?,32?,33?,34+,35+,36+,41-,42-,43-,44-/m1/s1. The van der Waals surface area contributed by atoms with E-state index in [9.17, 15) is 72.5 Å². The first-order chi connectivity index (χ1) is 46.7. The molecule has 4 fully saturated rings. The maximum Gasteiger partial charge on any atom is 0.128 e. The van der Waals surface area contributed by atoms with Gasteiger partial charge in [0.15, 0.2) is 6.23 Å². The molecular formula is C46H70N17O31P5. The molecule has 6 aromatic rings. The first-order valence-electron chi connectivity index (χ1n) is 28.7. The van der Waals surface area contributed by atoms with Crippen LogP contribution in [-0.2, 0) is 87.4 Å². The van der Waals surface area contributed by atoms with Gasteiger partial charge in [-0.15, -0.1) is 0 Å². The number of nitrogens with one attached hydrogen (secondary N) is 2. The number of rotatable bonds is 31. The molecule has 10 heterocycles. The summed E-state index contributed by atoms with van der Waals surface area (Å²) in [5, 5.41) is 21.9. The van der Waals surface area contributed by atoms with Gasteiger partial charge >= 0.3 is 438 Å². The van der Waals surface area contributed by atoms with Gasteiger partial charge in [-0.2, -0.15) is 4.98 Å². The fourth-order valence-electron chi connectivity index (χ4n) is 11.0. The number of aliphatic hydroxyl groups is 2. The van der Waals surface area contributed by atoms with Crippen molar-refractivity contribution in [3.63, 3.8) is 0 Å². The number of fused-ring (bicyclic) bond motifs is 2. The molecule has 6 aromatic heterocycles. The van der Waals surface area contributed by atoms with Crippen molar-refractivity contribution in [3.8, 4) is 0 Å². The van der Waals surface area contributed by atoms with Gasteiger partial charge in [0.25, 0.3) is 5.56 Å². The topological polar surface area (TPSA) is 640 Å². The average Bonchev–Trinajstić information content (AvgIpc) is 1.63. The molecule has 7 unspecified atom stereocenters. The number of aliphatic imine (C=N–C) groups is 1. The summed E-state index contributed by atoms with van der Waals surface area (Å²) in [4.78, 5) is 156. The minimum absolute atomic E-state index is 0.0107. The molecule has 99 heavy (non-hydrogen) atoms. The van der Waals surface area contributed by atoms with Crippen LogP contribution in [0.4, 0.5) is 23.4 Å². The maximum atomic E-state index is 13.5.